The van der Waals surface area contributed by atoms with Gasteiger partial charge < -0.3 is 14.4 Å². The van der Waals surface area contributed by atoms with Crippen molar-refractivity contribution in [1.82, 2.24) is 4.72 Å². The molecule has 1 fully saturated rings. The number of ketones is 1. The van der Waals surface area contributed by atoms with Crippen molar-refractivity contribution in [2.24, 2.45) is 23.7 Å². The van der Waals surface area contributed by atoms with Gasteiger partial charge in [-0.2, -0.15) is 0 Å². The van der Waals surface area contributed by atoms with Gasteiger partial charge in [-0.15, -0.1) is 0 Å². The highest BCUT2D eigenvalue weighted by atomic mass is 35.5. The molecular formula is C39H51ClN2O5S. The summed E-state index contributed by atoms with van der Waals surface area (Å²) in [5, 5.41) is 0.359. The molecule has 9 heteroatoms. The summed E-state index contributed by atoms with van der Waals surface area (Å²) in [5.41, 5.74) is 2.81. The SMILES string of the molecule is C=S1(=O)NC(=O)c2ccc3c(c2)N(C[C@@H]2CC[C@H]2[C@@](CC(=O)C(C)C)(OC)/C=C/C[C@H](C)[C@H]1C)C[C@@]1(CCCc2cc(Cl)ccc21)CO3. The zero-order chi connectivity index (χ0) is 34.4. The highest BCUT2D eigenvalue weighted by molar-refractivity contribution is 7.99. The van der Waals surface area contributed by atoms with Crippen molar-refractivity contribution in [1.29, 1.82) is 0 Å². The zero-order valence-corrected chi connectivity index (χ0v) is 30.6. The lowest BCUT2D eigenvalue weighted by atomic mass is 9.62. The van der Waals surface area contributed by atoms with Gasteiger partial charge in [-0.3, -0.25) is 14.3 Å². The molecule has 6 rings (SSSR count). The lowest BCUT2D eigenvalue weighted by Gasteiger charge is -2.50. The second-order valence-electron chi connectivity index (χ2n) is 15.2. The monoisotopic (exact) mass is 694 g/mol. The normalized spacial score (nSPS) is 34.2. The van der Waals surface area contributed by atoms with Gasteiger partial charge in [0.05, 0.1) is 27.6 Å². The Hall–Kier alpha value is -2.81. The molecule has 48 heavy (non-hydrogen) atoms. The van der Waals surface area contributed by atoms with Gasteiger partial charge in [0.2, 0.25) is 0 Å². The molecule has 1 spiro atoms. The predicted molar refractivity (Wildman–Crippen MR) is 196 cm³/mol. The predicted octanol–water partition coefficient (Wildman–Crippen LogP) is 7.19. The topological polar surface area (TPSA) is 84.9 Å². The van der Waals surface area contributed by atoms with E-state index in [9.17, 15) is 13.8 Å². The second kappa shape index (κ2) is 13.5. The smallest absolute Gasteiger partial charge is 0.262 e. The molecule has 7 atom stereocenters. The third-order valence-electron chi connectivity index (χ3n) is 11.8. The van der Waals surface area contributed by atoms with Crippen molar-refractivity contribution in [3.63, 3.8) is 0 Å². The first-order chi connectivity index (χ1) is 22.8. The Kier molecular flexibility index (Phi) is 9.84. The fourth-order valence-corrected chi connectivity index (χ4v) is 10.1. The number of carbonyl (C=O) groups excluding carboxylic acids is 2. The number of nitrogens with zero attached hydrogens (tertiary/aromatic N) is 1. The molecule has 7 nitrogen and oxygen atoms in total. The van der Waals surface area contributed by atoms with Gasteiger partial charge in [0.25, 0.3) is 5.91 Å². The Bertz CT molecular complexity index is 1710. The van der Waals surface area contributed by atoms with Crippen molar-refractivity contribution in [3.8, 4) is 5.75 Å². The van der Waals surface area contributed by atoms with E-state index in [0.29, 0.717) is 31.6 Å². The van der Waals surface area contributed by atoms with Gasteiger partial charge in [-0.1, -0.05) is 50.6 Å². The first-order valence-electron chi connectivity index (χ1n) is 17.5. The lowest BCUT2D eigenvalue weighted by Crippen LogP contribution is -2.54. The Balaban J connectivity index is 1.47. The van der Waals surface area contributed by atoms with Crippen LogP contribution in [0.3, 0.4) is 0 Å². The number of fused-ring (bicyclic) bond motifs is 4. The van der Waals surface area contributed by atoms with E-state index in [1.807, 2.05) is 45.9 Å². The molecule has 1 amide bonds. The van der Waals surface area contributed by atoms with Crippen LogP contribution in [0.5, 0.6) is 5.75 Å². The number of benzene rings is 2. The molecule has 1 unspecified atom stereocenters. The average molecular weight is 695 g/mol. The van der Waals surface area contributed by atoms with Crippen LogP contribution in [0.25, 0.3) is 0 Å². The van der Waals surface area contributed by atoms with Crippen LogP contribution in [0.4, 0.5) is 5.69 Å². The van der Waals surface area contributed by atoms with Gasteiger partial charge in [0, 0.05) is 53.8 Å². The van der Waals surface area contributed by atoms with Crippen molar-refractivity contribution < 1.29 is 23.3 Å². The number of hydrogen-bond donors (Lipinski definition) is 1. The number of halogens is 1. The van der Waals surface area contributed by atoms with Crippen molar-refractivity contribution >= 4 is 44.6 Å². The minimum atomic E-state index is -2.98. The fraction of sp³-hybridized carbons (Fsp3) is 0.564. The molecule has 4 aliphatic rings. The van der Waals surface area contributed by atoms with Gasteiger partial charge >= 0.3 is 0 Å². The summed E-state index contributed by atoms with van der Waals surface area (Å²) < 4.78 is 29.8. The van der Waals surface area contributed by atoms with Crippen LogP contribution in [-0.4, -0.2) is 59.4 Å². The summed E-state index contributed by atoms with van der Waals surface area (Å²) in [6.07, 6.45) is 10.1. The third-order valence-corrected chi connectivity index (χ3v) is 14.3. The summed E-state index contributed by atoms with van der Waals surface area (Å²) >= 11 is 6.47. The number of rotatable bonds is 4. The molecule has 1 saturated carbocycles. The Morgan fingerprint density at radius 3 is 2.71 bits per heavy atom. The Labute approximate surface area is 291 Å². The summed E-state index contributed by atoms with van der Waals surface area (Å²) in [4.78, 5) is 29.5. The van der Waals surface area contributed by atoms with Crippen LogP contribution in [0, 0.1) is 23.7 Å². The van der Waals surface area contributed by atoms with Gasteiger partial charge in [-0.05, 0) is 111 Å². The van der Waals surface area contributed by atoms with Crippen LogP contribution < -0.4 is 14.4 Å². The molecule has 2 bridgehead atoms. The van der Waals surface area contributed by atoms with E-state index in [0.717, 1.165) is 55.1 Å². The average Bonchev–Trinajstić information content (AvgIpc) is 3.18. The van der Waals surface area contributed by atoms with E-state index >= 15 is 0 Å². The van der Waals surface area contributed by atoms with Crippen molar-refractivity contribution in [3.05, 3.63) is 70.3 Å². The maximum atomic E-state index is 13.9. The minimum absolute atomic E-state index is 0.0348. The van der Waals surface area contributed by atoms with E-state index in [1.165, 1.54) is 11.1 Å². The van der Waals surface area contributed by atoms with E-state index in [4.69, 9.17) is 21.1 Å². The van der Waals surface area contributed by atoms with Crippen molar-refractivity contribution in [2.45, 2.75) is 88.9 Å². The number of hydrogen-bond acceptors (Lipinski definition) is 6. The summed E-state index contributed by atoms with van der Waals surface area (Å²) in [7, 11) is -1.25. The van der Waals surface area contributed by atoms with E-state index in [-0.39, 0.29) is 40.1 Å². The number of aryl methyl sites for hydroxylation is 1. The molecule has 260 valence electrons. The summed E-state index contributed by atoms with van der Waals surface area (Å²) in [6, 6.07) is 11.8. The number of allylic oxidation sites excluding steroid dienone is 1. The number of carbonyl (C=O) groups is 2. The third kappa shape index (κ3) is 6.57. The van der Waals surface area contributed by atoms with Gasteiger partial charge in [0.1, 0.15) is 11.5 Å². The largest absolute Gasteiger partial charge is 0.490 e. The molecule has 2 aromatic rings. The lowest BCUT2D eigenvalue weighted by molar-refractivity contribution is -0.133. The highest BCUT2D eigenvalue weighted by Crippen LogP contribution is 2.50. The maximum absolute atomic E-state index is 13.9. The molecule has 2 aliphatic heterocycles. The first-order valence-corrected chi connectivity index (χ1v) is 19.7. The van der Waals surface area contributed by atoms with Crippen LogP contribution in [0.1, 0.15) is 87.7 Å². The number of anilines is 1. The summed E-state index contributed by atoms with van der Waals surface area (Å²) in [6.45, 7) is 9.76. The maximum Gasteiger partial charge on any atom is 0.262 e. The summed E-state index contributed by atoms with van der Waals surface area (Å²) in [5.74, 6) is 4.77. The van der Waals surface area contributed by atoms with E-state index < -0.39 is 21.2 Å². The van der Waals surface area contributed by atoms with Gasteiger partial charge in [-0.25, -0.2) is 4.21 Å². The van der Waals surface area contributed by atoms with Crippen molar-refractivity contribution in [2.75, 3.05) is 31.7 Å². The molecule has 0 aromatic heterocycles. The molecule has 0 saturated heterocycles. The molecule has 2 aromatic carbocycles. The van der Waals surface area contributed by atoms with Crippen LogP contribution in [0.2, 0.25) is 5.02 Å². The van der Waals surface area contributed by atoms with E-state index in [1.54, 1.807) is 13.2 Å². The number of methoxy groups -OCH3 is 1. The molecular weight excluding hydrogens is 644 g/mol. The molecule has 1 N–H and O–H groups in total. The molecule has 0 radical (unpaired) electrons. The number of Topliss-reactive ketones (excluding diaryl/α,β-unsaturated/α-hetero) is 1. The zero-order valence-electron chi connectivity index (χ0n) is 29.1. The van der Waals surface area contributed by atoms with Crippen LogP contribution in [-0.2, 0) is 31.1 Å². The Morgan fingerprint density at radius 2 is 2.00 bits per heavy atom. The second-order valence-corrected chi connectivity index (χ2v) is 18.0. The van der Waals surface area contributed by atoms with Crippen LogP contribution >= 0.6 is 11.6 Å². The molecule has 2 aliphatic carbocycles. The standard InChI is InChI=1S/C39H51ClN2O5S/c1-25(2)35(43)21-39(46-5)18-7-9-26(3)27(4)48(6,45)41-37(44)29-12-16-36-34(20-29)42(22-30-11-14-33(30)39)23-38(24-47-36)17-8-10-28-19-31(40)13-15-32(28)38/h7,12-13,15-16,18-20,25-27,30,33H,6,8-11,14,17,21-24H2,1-5H3,(H,41,44,45)/b18-7+/t26-,27+,30-,33+,38-,39+,48?/m0/s1. The van der Waals surface area contributed by atoms with E-state index in [2.05, 4.69) is 39.8 Å². The number of ether oxygens (including phenoxy) is 2. The quantitative estimate of drug-likeness (QED) is 0.270. The van der Waals surface area contributed by atoms with Crippen LogP contribution in [0.15, 0.2) is 48.6 Å². The highest BCUT2D eigenvalue weighted by Gasteiger charge is 2.50. The number of nitrogens with one attached hydrogen (secondary N) is 1. The van der Waals surface area contributed by atoms with Gasteiger partial charge in [0.15, 0.2) is 0 Å². The first kappa shape index (κ1) is 35.0. The Morgan fingerprint density at radius 1 is 1.21 bits per heavy atom. The molecule has 2 heterocycles. The minimum Gasteiger partial charge on any atom is -0.490 e. The fourth-order valence-electron chi connectivity index (χ4n) is 8.41. The number of amides is 1.